The van der Waals surface area contributed by atoms with Crippen LogP contribution in [0.3, 0.4) is 0 Å². The molecule has 65 heavy (non-hydrogen) atoms. The number of aliphatic carboxylic acids is 1. The van der Waals surface area contributed by atoms with Crippen molar-refractivity contribution in [3.8, 4) is 17.2 Å². The molecular weight excluding hydrogens is 930 g/mol. The second-order valence-corrected chi connectivity index (χ2v) is 20.6. The van der Waals surface area contributed by atoms with Crippen LogP contribution in [0, 0.1) is 5.82 Å². The fraction of sp³-hybridized carbons (Fsp3) is 0.452. The first kappa shape index (κ1) is 52.9. The van der Waals surface area contributed by atoms with Crippen molar-refractivity contribution in [1.82, 2.24) is 14.4 Å². The minimum atomic E-state index is -3.10. The lowest BCUT2D eigenvalue weighted by Crippen LogP contribution is -2.45. The summed E-state index contributed by atoms with van der Waals surface area (Å²) in [6.45, 7) is 8.81. The number of fused-ring (bicyclic) bond motifs is 2. The smallest absolute Gasteiger partial charge is 0.345 e. The molecule has 3 unspecified atom stereocenters. The largest absolute Gasteiger partial charge is 0.480 e. The third-order valence-corrected chi connectivity index (χ3v) is 13.4. The summed E-state index contributed by atoms with van der Waals surface area (Å²) in [5.41, 5.74) is 6.86. The van der Waals surface area contributed by atoms with Crippen LogP contribution in [-0.2, 0) is 47.0 Å². The van der Waals surface area contributed by atoms with E-state index >= 15 is 0 Å². The van der Waals surface area contributed by atoms with Crippen molar-refractivity contribution >= 4 is 71.4 Å². The number of methoxy groups -OCH3 is 2. The number of rotatable bonds is 13. The van der Waals surface area contributed by atoms with Crippen LogP contribution >= 0.6 is 42.1 Å². The second-order valence-electron chi connectivity index (χ2n) is 15.7. The number of carbonyl (C=O) groups excluding carboxylic acids is 2. The normalized spacial score (nSPS) is 17.5. The number of carboxylic acids is 1. The highest BCUT2D eigenvalue weighted by atomic mass is 35.5. The fourth-order valence-electron chi connectivity index (χ4n) is 6.45. The lowest BCUT2D eigenvalue weighted by atomic mass is 9.76. The summed E-state index contributed by atoms with van der Waals surface area (Å²) in [5.74, 6) is -0.672. The Morgan fingerprint density at radius 1 is 1.08 bits per heavy atom. The first-order valence-corrected chi connectivity index (χ1v) is 24.5. The minimum absolute atomic E-state index is 0.0412. The number of urea groups is 1. The lowest BCUT2D eigenvalue weighted by Gasteiger charge is -2.43. The van der Waals surface area contributed by atoms with E-state index in [-0.39, 0.29) is 45.4 Å². The van der Waals surface area contributed by atoms with E-state index < -0.39 is 37.0 Å². The van der Waals surface area contributed by atoms with Crippen LogP contribution < -0.4 is 30.2 Å². The molecule has 3 aromatic carbocycles. The third kappa shape index (κ3) is 15.4. The molecule has 2 aliphatic heterocycles. The van der Waals surface area contributed by atoms with Crippen molar-refractivity contribution in [2.75, 3.05) is 52.3 Å². The highest BCUT2D eigenvalue weighted by Gasteiger charge is 2.42. The molecule has 18 nitrogen and oxygen atoms in total. The number of esters is 1. The summed E-state index contributed by atoms with van der Waals surface area (Å²) in [6, 6.07) is 14.2. The Morgan fingerprint density at radius 2 is 1.72 bits per heavy atom. The van der Waals surface area contributed by atoms with Crippen LogP contribution in [0.1, 0.15) is 52.0 Å². The van der Waals surface area contributed by atoms with E-state index in [1.807, 2.05) is 25.1 Å². The quantitative estimate of drug-likeness (QED) is 0.0442. The van der Waals surface area contributed by atoms with Gasteiger partial charge in [-0.25, -0.2) is 23.9 Å². The van der Waals surface area contributed by atoms with Gasteiger partial charge in [-0.15, -0.1) is 11.8 Å². The monoisotopic (exact) mass is 984 g/mol. The van der Waals surface area contributed by atoms with Crippen molar-refractivity contribution in [3.63, 3.8) is 0 Å². The number of hydrogen-bond donors (Lipinski definition) is 4. The zero-order valence-electron chi connectivity index (χ0n) is 37.3. The molecular formula is C42H55ClFN6O12PS2. The number of nitrogens with two attached hydrogens (primary N) is 1. The molecule has 0 saturated heterocycles. The van der Waals surface area contributed by atoms with E-state index in [2.05, 4.69) is 28.9 Å². The Labute approximate surface area is 388 Å². The molecule has 5 N–H and O–H groups in total. The molecule has 6 rings (SSSR count). The molecule has 0 bridgehead atoms. The van der Waals surface area contributed by atoms with Gasteiger partial charge in [0.2, 0.25) is 10.6 Å². The number of carbonyl (C=O) groups is 3. The van der Waals surface area contributed by atoms with Gasteiger partial charge >= 0.3 is 22.8 Å². The molecule has 2 amide bonds. The summed E-state index contributed by atoms with van der Waals surface area (Å²) in [7, 11) is 2.81. The van der Waals surface area contributed by atoms with Gasteiger partial charge in [0, 0.05) is 75.6 Å². The first-order valence-electron chi connectivity index (χ1n) is 20.0. The SMILES string of the molecule is COC(=O)CSc1cc(/N=c2\sc(=O)n3n2CCCC3)c(F)cc1Cl.CON(C)C(=O)Nc1ccc(Oc2ccc3c(c2)OC(C)(OC)CC3(C)C)cc1.CP(=O)(O)CCC(N)C(=O)O. The average molecular weight is 985 g/mol. The van der Waals surface area contributed by atoms with Gasteiger partial charge < -0.3 is 40.0 Å². The molecule has 0 fully saturated rings. The second kappa shape index (κ2) is 23.1. The fourth-order valence-corrected chi connectivity index (χ4v) is 9.20. The molecule has 0 saturated carbocycles. The average Bonchev–Trinajstić information content (AvgIpc) is 3.57. The number of amides is 2. The van der Waals surface area contributed by atoms with Gasteiger partial charge in [-0.3, -0.25) is 28.5 Å². The topological polar surface area (TPSA) is 235 Å². The van der Waals surface area contributed by atoms with E-state index in [0.717, 1.165) is 64.8 Å². The van der Waals surface area contributed by atoms with Crippen molar-refractivity contribution in [3.05, 3.63) is 85.5 Å². The Hall–Kier alpha value is -4.73. The Bertz CT molecular complexity index is 2500. The summed E-state index contributed by atoms with van der Waals surface area (Å²) in [6.07, 6.45) is 2.65. The van der Waals surface area contributed by atoms with Crippen molar-refractivity contribution in [2.45, 2.75) is 81.7 Å². The number of carboxylic acid groups (broad SMARTS) is 1. The van der Waals surface area contributed by atoms with Gasteiger partial charge in [0.1, 0.15) is 34.8 Å². The van der Waals surface area contributed by atoms with Gasteiger partial charge in [-0.1, -0.05) is 31.5 Å². The van der Waals surface area contributed by atoms with Crippen LogP contribution in [0.4, 0.5) is 20.6 Å². The van der Waals surface area contributed by atoms with E-state index in [1.54, 1.807) is 40.7 Å². The number of nitrogens with zero attached hydrogens (tertiary/aromatic N) is 4. The Morgan fingerprint density at radius 3 is 2.32 bits per heavy atom. The van der Waals surface area contributed by atoms with Gasteiger partial charge in [-0.05, 0) is 78.5 Å². The maximum absolute atomic E-state index is 14.3. The van der Waals surface area contributed by atoms with Crippen LogP contribution in [-0.4, -0.2) is 101 Å². The number of benzene rings is 3. The zero-order valence-corrected chi connectivity index (χ0v) is 40.6. The van der Waals surface area contributed by atoms with E-state index in [9.17, 15) is 28.1 Å². The standard InChI is InChI=1S/C22H28N2O5.C15H15ClFN3O3S2.C5H12NO4P/c1-21(2)14-22(3,26-5)29-19-13-17(11-12-18(19)21)28-16-9-7-15(8-10-16)23-20(25)24(4)27-6;1-23-13(21)8-24-12-7-11(10(17)6-9(12)16)18-14-19-4-2-3-5-20(19)15(22)25-14;1-11(9,10)3-2-4(6)5(7)8/h7-13H,14H2,1-6H3,(H,23,25);6-7H,2-5,8H2,1H3;4H,2-3,6H2,1H3,(H,7,8)(H,9,10)/b;18-14-;. The summed E-state index contributed by atoms with van der Waals surface area (Å²) in [5, 5.41) is 12.3. The van der Waals surface area contributed by atoms with Crippen LogP contribution in [0.5, 0.6) is 17.2 Å². The number of hydrogen-bond acceptors (Lipinski definition) is 14. The maximum Gasteiger partial charge on any atom is 0.345 e. The number of anilines is 1. The first-order chi connectivity index (χ1) is 30.5. The molecule has 356 valence electrons. The summed E-state index contributed by atoms with van der Waals surface area (Å²) < 4.78 is 50.6. The van der Waals surface area contributed by atoms with Crippen LogP contribution in [0.2, 0.25) is 5.02 Å². The number of nitrogens with one attached hydrogen (secondary N) is 1. The van der Waals surface area contributed by atoms with Crippen molar-refractivity contribution in [1.29, 1.82) is 0 Å². The Kier molecular flexibility index (Phi) is 18.8. The molecule has 23 heteroatoms. The van der Waals surface area contributed by atoms with Crippen molar-refractivity contribution < 1.29 is 57.1 Å². The number of aromatic nitrogens is 2. The molecule has 0 aliphatic carbocycles. The van der Waals surface area contributed by atoms with Gasteiger partial charge in [0.25, 0.3) is 0 Å². The third-order valence-electron chi connectivity index (χ3n) is 9.96. The maximum atomic E-state index is 14.3. The minimum Gasteiger partial charge on any atom is -0.480 e. The van der Waals surface area contributed by atoms with E-state index in [1.165, 1.54) is 34.0 Å². The predicted octanol–water partition coefficient (Wildman–Crippen LogP) is 7.41. The molecule has 3 heterocycles. The molecule has 3 atom stereocenters. The Balaban J connectivity index is 0.000000234. The number of halogens is 2. The highest BCUT2D eigenvalue weighted by Crippen LogP contribution is 2.46. The van der Waals surface area contributed by atoms with E-state index in [0.29, 0.717) is 40.0 Å². The number of ether oxygens (including phenoxy) is 4. The molecule has 0 spiro atoms. The number of hydroxylamine groups is 2. The summed E-state index contributed by atoms with van der Waals surface area (Å²) >= 11 is 8.17. The zero-order chi connectivity index (χ0) is 48.3. The highest BCUT2D eigenvalue weighted by molar-refractivity contribution is 8.00. The molecule has 4 aromatic rings. The van der Waals surface area contributed by atoms with Gasteiger partial charge in [-0.2, -0.15) is 0 Å². The van der Waals surface area contributed by atoms with Crippen LogP contribution in [0.25, 0.3) is 0 Å². The molecule has 1 aromatic heterocycles. The number of thioether (sulfide) groups is 1. The van der Waals surface area contributed by atoms with Gasteiger partial charge in [0.05, 0.1) is 25.0 Å². The van der Waals surface area contributed by atoms with Gasteiger partial charge in [0.15, 0.2) is 7.37 Å². The lowest BCUT2D eigenvalue weighted by molar-refractivity contribution is -0.172. The van der Waals surface area contributed by atoms with Crippen LogP contribution in [0.15, 0.2) is 69.3 Å². The summed E-state index contributed by atoms with van der Waals surface area (Å²) in [4.78, 5) is 64.0. The molecule has 2 aliphatic rings. The van der Waals surface area contributed by atoms with E-state index in [4.69, 9.17) is 46.4 Å². The van der Waals surface area contributed by atoms with Crippen molar-refractivity contribution in [2.24, 2.45) is 10.7 Å². The predicted molar refractivity (Wildman–Crippen MR) is 246 cm³/mol. The molecule has 0 radical (unpaired) electrons.